The van der Waals surface area contributed by atoms with Crippen LogP contribution in [0.1, 0.15) is 19.4 Å². The number of hydrogen-bond donors (Lipinski definition) is 1. The third-order valence-electron chi connectivity index (χ3n) is 1.94. The van der Waals surface area contributed by atoms with E-state index in [9.17, 15) is 4.79 Å². The van der Waals surface area contributed by atoms with Crippen molar-refractivity contribution in [2.45, 2.75) is 13.8 Å². The van der Waals surface area contributed by atoms with Crippen LogP contribution in [0.3, 0.4) is 0 Å². The van der Waals surface area contributed by atoms with Gasteiger partial charge < -0.3 is 14.6 Å². The van der Waals surface area contributed by atoms with E-state index < -0.39 is 5.97 Å². The van der Waals surface area contributed by atoms with Gasteiger partial charge in [0.05, 0.1) is 13.2 Å². The van der Waals surface area contributed by atoms with E-state index in [1.807, 2.05) is 13.8 Å². The van der Waals surface area contributed by atoms with Crippen LogP contribution in [0.2, 0.25) is 0 Å². The van der Waals surface area contributed by atoms with E-state index in [0.717, 1.165) is 11.6 Å². The number of hydrogen-bond acceptors (Lipinski definition) is 3. The molecule has 1 rings (SSSR count). The molecule has 0 heterocycles. The molecule has 0 amide bonds. The lowest BCUT2D eigenvalue weighted by molar-refractivity contribution is -0.131. The quantitative estimate of drug-likeness (QED) is 0.771. The Bertz CT molecular complexity index is 386. The average molecular weight is 236 g/mol. The Hall–Kier alpha value is -1.97. The van der Waals surface area contributed by atoms with Gasteiger partial charge in [0.15, 0.2) is 0 Å². The normalized spacial score (nSPS) is 10.5. The summed E-state index contributed by atoms with van der Waals surface area (Å²) in [5.74, 6) is 0.358. The molecule has 4 nitrogen and oxygen atoms in total. The lowest BCUT2D eigenvalue weighted by Gasteiger charge is -2.08. The molecule has 0 bridgehead atoms. The van der Waals surface area contributed by atoms with Crippen LogP contribution in [0.5, 0.6) is 11.5 Å². The molecule has 0 unspecified atom stereocenters. The van der Waals surface area contributed by atoms with Crippen molar-refractivity contribution >= 4 is 12.0 Å². The van der Waals surface area contributed by atoms with Crippen LogP contribution in [0, 0.1) is 0 Å². The minimum Gasteiger partial charge on any atom is -0.494 e. The number of rotatable bonds is 6. The molecule has 92 valence electrons. The number of carbonyl (C=O) groups is 1. The predicted molar refractivity (Wildman–Crippen MR) is 65.4 cm³/mol. The van der Waals surface area contributed by atoms with Crippen LogP contribution in [-0.4, -0.2) is 24.3 Å². The lowest BCUT2D eigenvalue weighted by Crippen LogP contribution is -1.96. The second-order valence-corrected chi connectivity index (χ2v) is 3.28. The molecule has 17 heavy (non-hydrogen) atoms. The molecule has 0 aliphatic rings. The third kappa shape index (κ3) is 4.59. The number of carboxylic acids is 1. The van der Waals surface area contributed by atoms with Gasteiger partial charge >= 0.3 is 5.97 Å². The van der Waals surface area contributed by atoms with Crippen molar-refractivity contribution in [1.82, 2.24) is 0 Å². The van der Waals surface area contributed by atoms with Crippen LogP contribution in [0.4, 0.5) is 0 Å². The molecule has 0 aromatic heterocycles. The van der Waals surface area contributed by atoms with Crippen molar-refractivity contribution in [2.75, 3.05) is 13.2 Å². The topological polar surface area (TPSA) is 55.8 Å². The zero-order chi connectivity index (χ0) is 12.7. The molecule has 0 fully saturated rings. The maximum atomic E-state index is 10.4. The molecule has 0 aliphatic carbocycles. The van der Waals surface area contributed by atoms with E-state index in [-0.39, 0.29) is 0 Å². The molecule has 0 atom stereocenters. The highest BCUT2D eigenvalue weighted by Crippen LogP contribution is 2.23. The maximum absolute atomic E-state index is 10.4. The van der Waals surface area contributed by atoms with Crippen LogP contribution >= 0.6 is 0 Å². The molecular weight excluding hydrogens is 220 g/mol. The van der Waals surface area contributed by atoms with E-state index in [2.05, 4.69) is 0 Å². The monoisotopic (exact) mass is 236 g/mol. The predicted octanol–water partition coefficient (Wildman–Crippen LogP) is 2.58. The maximum Gasteiger partial charge on any atom is 0.328 e. The van der Waals surface area contributed by atoms with Crippen molar-refractivity contribution in [3.05, 3.63) is 29.8 Å². The first-order valence-electron chi connectivity index (χ1n) is 5.47. The highest BCUT2D eigenvalue weighted by atomic mass is 16.5. The summed E-state index contributed by atoms with van der Waals surface area (Å²) in [7, 11) is 0. The molecule has 0 aliphatic heterocycles. The third-order valence-corrected chi connectivity index (χ3v) is 1.94. The summed E-state index contributed by atoms with van der Waals surface area (Å²) in [4.78, 5) is 10.4. The number of aliphatic carboxylic acids is 1. The van der Waals surface area contributed by atoms with Gasteiger partial charge in [-0.2, -0.15) is 0 Å². The first kappa shape index (κ1) is 13.1. The first-order chi connectivity index (χ1) is 8.15. The average Bonchev–Trinajstić information content (AvgIpc) is 2.27. The van der Waals surface area contributed by atoms with E-state index in [4.69, 9.17) is 14.6 Å². The highest BCUT2D eigenvalue weighted by Gasteiger charge is 2.01. The van der Waals surface area contributed by atoms with Gasteiger partial charge in [0.25, 0.3) is 0 Å². The minimum atomic E-state index is -0.982. The van der Waals surface area contributed by atoms with Crippen LogP contribution in [0.15, 0.2) is 24.3 Å². The van der Waals surface area contributed by atoms with Crippen molar-refractivity contribution in [3.8, 4) is 11.5 Å². The van der Waals surface area contributed by atoms with Gasteiger partial charge in [0.2, 0.25) is 0 Å². The summed E-state index contributed by atoms with van der Waals surface area (Å²) in [5, 5.41) is 8.57. The Morgan fingerprint density at radius 1 is 1.18 bits per heavy atom. The van der Waals surface area contributed by atoms with Crippen LogP contribution < -0.4 is 9.47 Å². The zero-order valence-electron chi connectivity index (χ0n) is 9.97. The molecule has 0 radical (unpaired) electrons. The van der Waals surface area contributed by atoms with Gasteiger partial charge in [-0.05, 0) is 37.6 Å². The largest absolute Gasteiger partial charge is 0.494 e. The van der Waals surface area contributed by atoms with Gasteiger partial charge in [0, 0.05) is 12.1 Å². The number of ether oxygens (including phenoxy) is 2. The molecular formula is C13H16O4. The number of benzene rings is 1. The second kappa shape index (κ2) is 6.58. The Labute approximate surface area is 100 Å². The van der Waals surface area contributed by atoms with Crippen LogP contribution in [0.25, 0.3) is 6.08 Å². The lowest BCUT2D eigenvalue weighted by atomic mass is 10.2. The van der Waals surface area contributed by atoms with E-state index in [1.165, 1.54) is 6.08 Å². The Kier molecular flexibility index (Phi) is 5.07. The fraction of sp³-hybridized carbons (Fsp3) is 0.308. The van der Waals surface area contributed by atoms with Gasteiger partial charge in [-0.3, -0.25) is 0 Å². The molecule has 0 spiro atoms. The Balaban J connectivity index is 2.98. The fourth-order valence-electron chi connectivity index (χ4n) is 1.36. The molecule has 1 aromatic rings. The van der Waals surface area contributed by atoms with Gasteiger partial charge in [0.1, 0.15) is 11.5 Å². The summed E-state index contributed by atoms with van der Waals surface area (Å²) in [5.41, 5.74) is 0.738. The van der Waals surface area contributed by atoms with E-state index in [0.29, 0.717) is 24.7 Å². The van der Waals surface area contributed by atoms with E-state index in [1.54, 1.807) is 18.2 Å². The Morgan fingerprint density at radius 2 is 1.71 bits per heavy atom. The first-order valence-corrected chi connectivity index (χ1v) is 5.47. The minimum absolute atomic E-state index is 0.553. The summed E-state index contributed by atoms with van der Waals surface area (Å²) in [6.45, 7) is 4.88. The van der Waals surface area contributed by atoms with Crippen molar-refractivity contribution in [1.29, 1.82) is 0 Å². The van der Waals surface area contributed by atoms with E-state index >= 15 is 0 Å². The molecule has 4 heteroatoms. The molecule has 0 saturated carbocycles. The Morgan fingerprint density at radius 3 is 2.12 bits per heavy atom. The zero-order valence-corrected chi connectivity index (χ0v) is 9.97. The summed E-state index contributed by atoms with van der Waals surface area (Å²) >= 11 is 0. The summed E-state index contributed by atoms with van der Waals surface area (Å²) < 4.78 is 10.8. The second-order valence-electron chi connectivity index (χ2n) is 3.28. The summed E-state index contributed by atoms with van der Waals surface area (Å²) in [6, 6.07) is 5.32. The standard InChI is InChI=1S/C13H16O4/c1-3-16-11-7-10(5-6-13(14)15)8-12(9-11)17-4-2/h5-9H,3-4H2,1-2H3,(H,14,15)/b6-5+. The van der Waals surface area contributed by atoms with Gasteiger partial charge in [-0.15, -0.1) is 0 Å². The highest BCUT2D eigenvalue weighted by molar-refractivity contribution is 5.85. The summed E-state index contributed by atoms with van der Waals surface area (Å²) in [6.07, 6.45) is 2.59. The van der Waals surface area contributed by atoms with Crippen molar-refractivity contribution in [3.63, 3.8) is 0 Å². The van der Waals surface area contributed by atoms with Crippen molar-refractivity contribution in [2.24, 2.45) is 0 Å². The molecule has 0 saturated heterocycles. The molecule has 1 N–H and O–H groups in total. The molecule has 1 aromatic carbocycles. The van der Waals surface area contributed by atoms with Gasteiger partial charge in [-0.1, -0.05) is 0 Å². The fourth-order valence-corrected chi connectivity index (χ4v) is 1.36. The van der Waals surface area contributed by atoms with Gasteiger partial charge in [-0.25, -0.2) is 4.79 Å². The van der Waals surface area contributed by atoms with Crippen molar-refractivity contribution < 1.29 is 19.4 Å². The SMILES string of the molecule is CCOc1cc(/C=C/C(=O)O)cc(OCC)c1. The van der Waals surface area contributed by atoms with Crippen LogP contribution in [-0.2, 0) is 4.79 Å². The number of carboxylic acid groups (broad SMARTS) is 1. The smallest absolute Gasteiger partial charge is 0.328 e.